The predicted molar refractivity (Wildman–Crippen MR) is 117 cm³/mol. The number of para-hydroxylation sites is 1. The highest BCUT2D eigenvalue weighted by molar-refractivity contribution is 7.17. The minimum absolute atomic E-state index is 0.699. The fourth-order valence-electron chi connectivity index (χ4n) is 3.93. The van der Waals surface area contributed by atoms with Gasteiger partial charge in [-0.1, -0.05) is 54.6 Å². The standard InChI is InChI=1S/C24H15N3S/c1-2-6-16(7-3-1)17-14-25-24(26-15-17)27-21-9-5-4-8-18(21)19-10-11-22-20(23(19)27)12-13-28-22/h1-15H. The predicted octanol–water partition coefficient (Wildman–Crippen LogP) is 6.46. The van der Waals surface area contributed by atoms with E-state index >= 15 is 0 Å². The highest BCUT2D eigenvalue weighted by Gasteiger charge is 2.16. The SMILES string of the molecule is c1ccc(-c2cnc(-n3c4ccccc4c4ccc5sccc5c43)nc2)cc1. The summed E-state index contributed by atoms with van der Waals surface area (Å²) >= 11 is 1.76. The lowest BCUT2D eigenvalue weighted by atomic mass is 10.1. The minimum Gasteiger partial charge on any atom is -0.277 e. The summed E-state index contributed by atoms with van der Waals surface area (Å²) in [4.78, 5) is 9.49. The van der Waals surface area contributed by atoms with E-state index in [1.54, 1.807) is 11.3 Å². The molecule has 0 spiro atoms. The van der Waals surface area contributed by atoms with Gasteiger partial charge >= 0.3 is 0 Å². The van der Waals surface area contributed by atoms with Crippen LogP contribution in [-0.2, 0) is 0 Å². The van der Waals surface area contributed by atoms with Crippen LogP contribution < -0.4 is 0 Å². The van der Waals surface area contributed by atoms with Crippen LogP contribution in [0, 0.1) is 0 Å². The summed E-state index contributed by atoms with van der Waals surface area (Å²) in [6.45, 7) is 0. The van der Waals surface area contributed by atoms with Crippen molar-refractivity contribution in [2.24, 2.45) is 0 Å². The third-order valence-electron chi connectivity index (χ3n) is 5.21. The van der Waals surface area contributed by atoms with Gasteiger partial charge in [0, 0.05) is 38.8 Å². The Kier molecular flexibility index (Phi) is 3.34. The first-order valence-corrected chi connectivity index (χ1v) is 10.1. The van der Waals surface area contributed by atoms with Crippen LogP contribution in [0.25, 0.3) is 49.0 Å². The summed E-state index contributed by atoms with van der Waals surface area (Å²) in [5.41, 5.74) is 4.44. The highest BCUT2D eigenvalue weighted by atomic mass is 32.1. The Labute approximate surface area is 165 Å². The van der Waals surface area contributed by atoms with Gasteiger partial charge in [0.2, 0.25) is 5.95 Å². The average molecular weight is 377 g/mol. The van der Waals surface area contributed by atoms with Crippen molar-refractivity contribution in [2.45, 2.75) is 0 Å². The van der Waals surface area contributed by atoms with Gasteiger partial charge < -0.3 is 0 Å². The molecule has 0 atom stereocenters. The summed E-state index contributed by atoms with van der Waals surface area (Å²) in [5.74, 6) is 0.699. The maximum atomic E-state index is 4.74. The van der Waals surface area contributed by atoms with Crippen LogP contribution in [-0.4, -0.2) is 14.5 Å². The molecule has 3 aromatic heterocycles. The Morgan fingerprint density at radius 1 is 0.643 bits per heavy atom. The Hall–Kier alpha value is -3.50. The zero-order valence-electron chi connectivity index (χ0n) is 14.9. The Morgan fingerprint density at radius 2 is 1.43 bits per heavy atom. The average Bonchev–Trinajstić information content (AvgIpc) is 3.37. The molecular formula is C24H15N3S. The summed E-state index contributed by atoms with van der Waals surface area (Å²) in [5, 5.41) is 5.85. The molecule has 0 aliphatic heterocycles. The first-order valence-electron chi connectivity index (χ1n) is 9.17. The first kappa shape index (κ1) is 15.5. The number of aromatic nitrogens is 3. The zero-order valence-corrected chi connectivity index (χ0v) is 15.7. The lowest BCUT2D eigenvalue weighted by molar-refractivity contribution is 0.992. The fraction of sp³-hybridized carbons (Fsp3) is 0. The van der Waals surface area contributed by atoms with Crippen molar-refractivity contribution in [1.29, 1.82) is 0 Å². The molecule has 6 rings (SSSR count). The molecule has 0 N–H and O–H groups in total. The number of hydrogen-bond acceptors (Lipinski definition) is 3. The van der Waals surface area contributed by atoms with Crippen LogP contribution in [0.4, 0.5) is 0 Å². The number of fused-ring (bicyclic) bond motifs is 5. The van der Waals surface area contributed by atoms with E-state index in [1.165, 1.54) is 26.4 Å². The second-order valence-electron chi connectivity index (χ2n) is 6.78. The molecule has 6 aromatic rings. The number of benzene rings is 3. The van der Waals surface area contributed by atoms with E-state index in [9.17, 15) is 0 Å². The van der Waals surface area contributed by atoms with Gasteiger partial charge in [-0.15, -0.1) is 11.3 Å². The maximum absolute atomic E-state index is 4.74. The topological polar surface area (TPSA) is 30.7 Å². The van der Waals surface area contributed by atoms with Gasteiger partial charge in [-0.3, -0.25) is 4.57 Å². The molecule has 3 nitrogen and oxygen atoms in total. The van der Waals surface area contributed by atoms with Crippen molar-refractivity contribution >= 4 is 43.2 Å². The summed E-state index contributed by atoms with van der Waals surface area (Å²) in [6, 6.07) is 25.3. The van der Waals surface area contributed by atoms with Crippen LogP contribution in [0.5, 0.6) is 0 Å². The van der Waals surface area contributed by atoms with Crippen LogP contribution >= 0.6 is 11.3 Å². The van der Waals surface area contributed by atoms with Crippen molar-refractivity contribution < 1.29 is 0 Å². The summed E-state index contributed by atoms with van der Waals surface area (Å²) in [7, 11) is 0. The molecule has 3 heterocycles. The third-order valence-corrected chi connectivity index (χ3v) is 6.09. The number of nitrogens with zero attached hydrogens (tertiary/aromatic N) is 3. The first-order chi connectivity index (χ1) is 13.9. The van der Waals surface area contributed by atoms with Crippen LogP contribution in [0.2, 0.25) is 0 Å². The zero-order chi connectivity index (χ0) is 18.5. The normalized spacial score (nSPS) is 11.6. The van der Waals surface area contributed by atoms with Crippen LogP contribution in [0.15, 0.2) is 90.6 Å². The molecule has 0 radical (unpaired) electrons. The lowest BCUT2D eigenvalue weighted by Gasteiger charge is -2.07. The summed E-state index contributed by atoms with van der Waals surface area (Å²) < 4.78 is 3.46. The van der Waals surface area contributed by atoms with Crippen LogP contribution in [0.3, 0.4) is 0 Å². The van der Waals surface area contributed by atoms with E-state index in [4.69, 9.17) is 9.97 Å². The molecule has 132 valence electrons. The number of hydrogen-bond donors (Lipinski definition) is 0. The van der Waals surface area contributed by atoms with Gasteiger partial charge in [0.15, 0.2) is 0 Å². The van der Waals surface area contributed by atoms with E-state index in [1.807, 2.05) is 30.6 Å². The molecule has 28 heavy (non-hydrogen) atoms. The molecule has 0 fully saturated rings. The highest BCUT2D eigenvalue weighted by Crippen LogP contribution is 2.37. The van der Waals surface area contributed by atoms with Gasteiger partial charge in [-0.25, -0.2) is 9.97 Å². The largest absolute Gasteiger partial charge is 0.277 e. The van der Waals surface area contributed by atoms with E-state index in [2.05, 4.69) is 64.5 Å². The fourth-order valence-corrected chi connectivity index (χ4v) is 4.72. The number of thiophene rings is 1. The van der Waals surface area contributed by atoms with Crippen molar-refractivity contribution in [1.82, 2.24) is 14.5 Å². The Balaban J connectivity index is 1.66. The third kappa shape index (κ3) is 2.22. The lowest BCUT2D eigenvalue weighted by Crippen LogP contribution is -2.00. The van der Waals surface area contributed by atoms with Crippen molar-refractivity contribution in [2.75, 3.05) is 0 Å². The number of rotatable bonds is 2. The molecule has 4 heteroatoms. The van der Waals surface area contributed by atoms with Gasteiger partial charge in [0.25, 0.3) is 0 Å². The van der Waals surface area contributed by atoms with E-state index < -0.39 is 0 Å². The second kappa shape index (κ2) is 6.01. The summed E-state index contributed by atoms with van der Waals surface area (Å²) in [6.07, 6.45) is 3.82. The van der Waals surface area contributed by atoms with Gasteiger partial charge in [0.05, 0.1) is 11.0 Å². The molecule has 0 amide bonds. The smallest absolute Gasteiger partial charge is 0.234 e. The van der Waals surface area contributed by atoms with Crippen LogP contribution in [0.1, 0.15) is 0 Å². The molecule has 3 aromatic carbocycles. The maximum Gasteiger partial charge on any atom is 0.234 e. The van der Waals surface area contributed by atoms with Gasteiger partial charge in [-0.2, -0.15) is 0 Å². The van der Waals surface area contributed by atoms with Crippen molar-refractivity contribution in [3.05, 3.63) is 90.6 Å². The van der Waals surface area contributed by atoms with E-state index in [-0.39, 0.29) is 0 Å². The monoisotopic (exact) mass is 377 g/mol. The molecule has 0 saturated heterocycles. The molecule has 0 unspecified atom stereocenters. The molecular weight excluding hydrogens is 362 g/mol. The quantitative estimate of drug-likeness (QED) is 0.347. The molecule has 0 aliphatic carbocycles. The van der Waals surface area contributed by atoms with Gasteiger partial charge in [-0.05, 0) is 29.1 Å². The molecule has 0 bridgehead atoms. The van der Waals surface area contributed by atoms with Crippen molar-refractivity contribution in [3.63, 3.8) is 0 Å². The molecule has 0 saturated carbocycles. The molecule has 0 aliphatic rings. The van der Waals surface area contributed by atoms with E-state index in [0.717, 1.165) is 16.6 Å². The Bertz CT molecular complexity index is 1440. The second-order valence-corrected chi connectivity index (χ2v) is 7.73. The van der Waals surface area contributed by atoms with E-state index in [0.29, 0.717) is 5.95 Å². The van der Waals surface area contributed by atoms with Gasteiger partial charge in [0.1, 0.15) is 0 Å². The van der Waals surface area contributed by atoms with Crippen molar-refractivity contribution in [3.8, 4) is 17.1 Å². The minimum atomic E-state index is 0.699. The Morgan fingerprint density at radius 3 is 2.29 bits per heavy atom.